The zero-order valence-corrected chi connectivity index (χ0v) is 9.89. The van der Waals surface area contributed by atoms with E-state index >= 15 is 0 Å². The van der Waals surface area contributed by atoms with Gasteiger partial charge in [-0.1, -0.05) is 32.0 Å². The number of fused-ring (bicyclic) bond motifs is 1. The molecule has 0 unspecified atom stereocenters. The fourth-order valence-electron chi connectivity index (χ4n) is 1.38. The van der Waals surface area contributed by atoms with Gasteiger partial charge < -0.3 is 5.11 Å². The molecule has 1 heterocycles. The molecule has 0 amide bonds. The Kier molecular flexibility index (Phi) is 3.86. The summed E-state index contributed by atoms with van der Waals surface area (Å²) in [7, 11) is 0. The molecule has 1 aromatic carbocycles. The van der Waals surface area contributed by atoms with Crippen molar-refractivity contribution in [2.24, 2.45) is 0 Å². The minimum atomic E-state index is -0.835. The third-order valence-electron chi connectivity index (χ3n) is 2.04. The molecule has 0 aliphatic heterocycles. The number of thiophene rings is 1. The lowest BCUT2D eigenvalue weighted by atomic mass is 10.1. The topological polar surface area (TPSA) is 37.3 Å². The molecule has 0 aliphatic rings. The van der Waals surface area contributed by atoms with Crippen molar-refractivity contribution in [2.45, 2.75) is 20.8 Å². The van der Waals surface area contributed by atoms with Gasteiger partial charge in [0.25, 0.3) is 0 Å². The summed E-state index contributed by atoms with van der Waals surface area (Å²) in [5.41, 5.74) is 0.869. The number of carboxylic acid groups (broad SMARTS) is 1. The normalized spacial score (nSPS) is 9.53. The van der Waals surface area contributed by atoms with Gasteiger partial charge in [-0.3, -0.25) is 0 Å². The van der Waals surface area contributed by atoms with Crippen LogP contribution in [-0.4, -0.2) is 11.1 Å². The molecule has 80 valence electrons. The Morgan fingerprint density at radius 2 is 1.87 bits per heavy atom. The van der Waals surface area contributed by atoms with Crippen LogP contribution in [0.3, 0.4) is 0 Å². The minimum Gasteiger partial charge on any atom is -0.477 e. The van der Waals surface area contributed by atoms with Crippen LogP contribution >= 0.6 is 11.3 Å². The van der Waals surface area contributed by atoms with Gasteiger partial charge in [0.15, 0.2) is 0 Å². The fraction of sp³-hybridized carbons (Fsp3) is 0.250. The van der Waals surface area contributed by atoms with Crippen LogP contribution in [-0.2, 0) is 0 Å². The highest BCUT2D eigenvalue weighted by molar-refractivity contribution is 7.21. The van der Waals surface area contributed by atoms with E-state index in [1.165, 1.54) is 11.3 Å². The monoisotopic (exact) mass is 222 g/mol. The van der Waals surface area contributed by atoms with Crippen LogP contribution in [0.5, 0.6) is 0 Å². The van der Waals surface area contributed by atoms with E-state index in [1.54, 1.807) is 0 Å². The van der Waals surface area contributed by atoms with Crippen molar-refractivity contribution in [3.05, 3.63) is 34.7 Å². The number of rotatable bonds is 1. The van der Waals surface area contributed by atoms with Gasteiger partial charge >= 0.3 is 5.97 Å². The third kappa shape index (κ3) is 2.18. The Labute approximate surface area is 93.2 Å². The van der Waals surface area contributed by atoms with E-state index in [9.17, 15) is 4.79 Å². The van der Waals surface area contributed by atoms with Crippen LogP contribution in [0.2, 0.25) is 0 Å². The predicted molar refractivity (Wildman–Crippen MR) is 64.9 cm³/mol. The van der Waals surface area contributed by atoms with Gasteiger partial charge in [-0.05, 0) is 23.9 Å². The summed E-state index contributed by atoms with van der Waals surface area (Å²) in [6.45, 7) is 5.85. The van der Waals surface area contributed by atoms with Crippen molar-refractivity contribution < 1.29 is 9.90 Å². The first-order valence-corrected chi connectivity index (χ1v) is 5.73. The molecule has 0 spiro atoms. The SMILES string of the molecule is CC.Cc1c(C(=O)O)sc2ccccc12. The van der Waals surface area contributed by atoms with E-state index in [1.807, 2.05) is 45.0 Å². The lowest BCUT2D eigenvalue weighted by Gasteiger charge is -1.90. The summed E-state index contributed by atoms with van der Waals surface area (Å²) in [4.78, 5) is 11.2. The maximum atomic E-state index is 10.8. The third-order valence-corrected chi connectivity index (χ3v) is 3.30. The second-order valence-corrected chi connectivity index (χ2v) is 3.91. The van der Waals surface area contributed by atoms with Gasteiger partial charge in [0.2, 0.25) is 0 Å². The zero-order valence-electron chi connectivity index (χ0n) is 9.07. The van der Waals surface area contributed by atoms with Crippen LogP contribution in [0.1, 0.15) is 29.1 Å². The van der Waals surface area contributed by atoms with Gasteiger partial charge in [-0.15, -0.1) is 11.3 Å². The lowest BCUT2D eigenvalue weighted by Crippen LogP contribution is -1.93. The summed E-state index contributed by atoms with van der Waals surface area (Å²) in [6.07, 6.45) is 0. The van der Waals surface area contributed by atoms with Gasteiger partial charge in [0, 0.05) is 4.70 Å². The molecule has 1 aromatic heterocycles. The first kappa shape index (κ1) is 11.7. The second-order valence-electron chi connectivity index (χ2n) is 2.86. The van der Waals surface area contributed by atoms with E-state index < -0.39 is 5.97 Å². The number of benzene rings is 1. The smallest absolute Gasteiger partial charge is 0.346 e. The number of hydrogen-bond donors (Lipinski definition) is 1. The first-order valence-electron chi connectivity index (χ1n) is 4.91. The van der Waals surface area contributed by atoms with Crippen LogP contribution < -0.4 is 0 Å². The van der Waals surface area contributed by atoms with Crippen LogP contribution in [0.4, 0.5) is 0 Å². The summed E-state index contributed by atoms with van der Waals surface area (Å²) in [5, 5.41) is 9.92. The van der Waals surface area contributed by atoms with E-state index in [0.717, 1.165) is 15.6 Å². The maximum Gasteiger partial charge on any atom is 0.346 e. The predicted octanol–water partition coefficient (Wildman–Crippen LogP) is 3.93. The van der Waals surface area contributed by atoms with Gasteiger partial charge in [0.1, 0.15) is 4.88 Å². The van der Waals surface area contributed by atoms with Crippen LogP contribution in [0.15, 0.2) is 24.3 Å². The van der Waals surface area contributed by atoms with Gasteiger partial charge in [-0.2, -0.15) is 0 Å². The van der Waals surface area contributed by atoms with Gasteiger partial charge in [-0.25, -0.2) is 4.79 Å². The summed E-state index contributed by atoms with van der Waals surface area (Å²) in [6, 6.07) is 7.74. The quantitative estimate of drug-likeness (QED) is 0.793. The molecule has 0 saturated carbocycles. The molecule has 0 radical (unpaired) electrons. The standard InChI is InChI=1S/C10H8O2S.C2H6/c1-6-7-4-2-3-5-8(7)13-9(6)10(11)12;1-2/h2-5H,1H3,(H,11,12);1-2H3. The summed E-state index contributed by atoms with van der Waals surface area (Å²) >= 11 is 1.33. The fourth-order valence-corrected chi connectivity index (χ4v) is 2.43. The molecule has 0 saturated heterocycles. The number of aryl methyl sites for hydroxylation is 1. The highest BCUT2D eigenvalue weighted by atomic mass is 32.1. The Morgan fingerprint density at radius 3 is 2.40 bits per heavy atom. The zero-order chi connectivity index (χ0) is 11.4. The number of carboxylic acids is 1. The summed E-state index contributed by atoms with van der Waals surface area (Å²) < 4.78 is 1.04. The maximum absolute atomic E-state index is 10.8. The van der Waals surface area contributed by atoms with Crippen LogP contribution in [0.25, 0.3) is 10.1 Å². The molecular weight excluding hydrogens is 208 g/mol. The second kappa shape index (κ2) is 4.94. The first-order chi connectivity index (χ1) is 7.20. The van der Waals surface area contributed by atoms with Crippen LogP contribution in [0, 0.1) is 6.92 Å². The van der Waals surface area contributed by atoms with Crippen molar-refractivity contribution >= 4 is 27.4 Å². The van der Waals surface area contributed by atoms with E-state index in [4.69, 9.17) is 5.11 Å². The molecule has 1 N–H and O–H groups in total. The molecule has 15 heavy (non-hydrogen) atoms. The molecule has 2 aromatic rings. The minimum absolute atomic E-state index is 0.446. The highest BCUT2D eigenvalue weighted by Crippen LogP contribution is 2.30. The van der Waals surface area contributed by atoms with Crippen molar-refractivity contribution in [1.29, 1.82) is 0 Å². The van der Waals surface area contributed by atoms with Crippen molar-refractivity contribution in [3.63, 3.8) is 0 Å². The van der Waals surface area contributed by atoms with E-state index in [-0.39, 0.29) is 0 Å². The lowest BCUT2D eigenvalue weighted by molar-refractivity contribution is 0.0701. The molecule has 0 fully saturated rings. The number of hydrogen-bond acceptors (Lipinski definition) is 2. The molecule has 2 nitrogen and oxygen atoms in total. The molecule has 0 bridgehead atoms. The number of carbonyl (C=O) groups is 1. The van der Waals surface area contributed by atoms with Gasteiger partial charge in [0.05, 0.1) is 0 Å². The molecule has 2 rings (SSSR count). The Balaban J connectivity index is 0.000000531. The Hall–Kier alpha value is -1.35. The Bertz CT molecular complexity index is 471. The molecule has 0 atom stereocenters. The Morgan fingerprint density at radius 1 is 1.27 bits per heavy atom. The van der Waals surface area contributed by atoms with Crippen molar-refractivity contribution in [1.82, 2.24) is 0 Å². The average Bonchev–Trinajstić information content (AvgIpc) is 2.60. The molecule has 3 heteroatoms. The average molecular weight is 222 g/mol. The largest absolute Gasteiger partial charge is 0.477 e. The van der Waals surface area contributed by atoms with Crippen molar-refractivity contribution in [3.8, 4) is 0 Å². The molecule has 0 aliphatic carbocycles. The van der Waals surface area contributed by atoms with E-state index in [0.29, 0.717) is 4.88 Å². The summed E-state index contributed by atoms with van der Waals surface area (Å²) in [5.74, 6) is -0.835. The van der Waals surface area contributed by atoms with E-state index in [2.05, 4.69) is 0 Å². The highest BCUT2D eigenvalue weighted by Gasteiger charge is 2.12. The number of aromatic carboxylic acids is 1. The van der Waals surface area contributed by atoms with Crippen molar-refractivity contribution in [2.75, 3.05) is 0 Å². The molecular formula is C12H14O2S.